The topological polar surface area (TPSA) is 71.9 Å². The molecule has 0 spiro atoms. The molecule has 4 nitrogen and oxygen atoms in total. The molecule has 1 rings (SSSR count). The van der Waals surface area contributed by atoms with Gasteiger partial charge in [0.15, 0.2) is 0 Å². The average Bonchev–Trinajstić information content (AvgIpc) is 2.15. The summed E-state index contributed by atoms with van der Waals surface area (Å²) in [6.07, 6.45) is 0. The van der Waals surface area contributed by atoms with Gasteiger partial charge in [-0.15, -0.1) is 0 Å². The van der Waals surface area contributed by atoms with Crippen LogP contribution in [0.25, 0.3) is 0 Å². The average molecular weight is 163 g/mol. The zero-order valence-electron chi connectivity index (χ0n) is 6.53. The van der Waals surface area contributed by atoms with Crippen LogP contribution in [0.3, 0.4) is 0 Å². The third-order valence-corrected chi connectivity index (χ3v) is 1.21. The Hall–Kier alpha value is -1.60. The van der Waals surface area contributed by atoms with E-state index < -0.39 is 0 Å². The molecule has 0 saturated heterocycles. The molecule has 2 N–H and O–H groups in total. The van der Waals surface area contributed by atoms with Crippen molar-refractivity contribution in [2.24, 2.45) is 5.73 Å². The Labute approximate surface area is 70.6 Å². The van der Waals surface area contributed by atoms with Gasteiger partial charge in [0.2, 0.25) is 5.88 Å². The molecule has 0 atom stereocenters. The van der Waals surface area contributed by atoms with Gasteiger partial charge in [-0.05, 0) is 6.07 Å². The molecule has 0 aromatic carbocycles. The van der Waals surface area contributed by atoms with Gasteiger partial charge in [-0.2, -0.15) is 5.26 Å². The van der Waals surface area contributed by atoms with Gasteiger partial charge in [0, 0.05) is 12.6 Å². The smallest absolute Gasteiger partial charge is 0.214 e. The fourth-order valence-electron chi connectivity index (χ4n) is 0.721. The third kappa shape index (κ3) is 2.22. The summed E-state index contributed by atoms with van der Waals surface area (Å²) in [5.74, 6) is 0.444. The molecule has 0 radical (unpaired) electrons. The molecule has 1 aromatic heterocycles. The van der Waals surface area contributed by atoms with Gasteiger partial charge in [0.05, 0.1) is 0 Å². The van der Waals surface area contributed by atoms with Gasteiger partial charge >= 0.3 is 0 Å². The maximum Gasteiger partial charge on any atom is 0.214 e. The third-order valence-electron chi connectivity index (χ3n) is 1.21. The summed E-state index contributed by atoms with van der Waals surface area (Å²) in [6.45, 7) is 0.861. The molecule has 1 aromatic rings. The van der Waals surface area contributed by atoms with Crippen LogP contribution < -0.4 is 10.5 Å². The van der Waals surface area contributed by atoms with Gasteiger partial charge < -0.3 is 10.5 Å². The second-order valence-corrected chi connectivity index (χ2v) is 2.11. The fraction of sp³-hybridized carbons (Fsp3) is 0.250. The summed E-state index contributed by atoms with van der Waals surface area (Å²) in [5.41, 5.74) is 5.58. The lowest BCUT2D eigenvalue weighted by molar-refractivity contribution is 0.315. The van der Waals surface area contributed by atoms with Gasteiger partial charge in [-0.25, -0.2) is 4.98 Å². The number of nitrogens with two attached hydrogens (primary N) is 1. The highest BCUT2D eigenvalue weighted by Gasteiger charge is 1.95. The molecular formula is C8H9N3O. The Kier molecular flexibility index (Phi) is 3.05. The molecular weight excluding hydrogens is 154 g/mol. The van der Waals surface area contributed by atoms with Crippen molar-refractivity contribution in [3.05, 3.63) is 23.9 Å². The molecule has 1 heterocycles. The van der Waals surface area contributed by atoms with Crippen LogP contribution in [0, 0.1) is 11.3 Å². The first-order valence-electron chi connectivity index (χ1n) is 3.57. The number of nitriles is 1. The maximum absolute atomic E-state index is 8.49. The lowest BCUT2D eigenvalue weighted by Crippen LogP contribution is -2.11. The lowest BCUT2D eigenvalue weighted by Gasteiger charge is -2.01. The molecule has 4 heteroatoms. The highest BCUT2D eigenvalue weighted by molar-refractivity contribution is 5.24. The number of rotatable bonds is 3. The number of ether oxygens (including phenoxy) is 1. The van der Waals surface area contributed by atoms with Crippen LogP contribution in [0.5, 0.6) is 5.88 Å². The molecule has 0 fully saturated rings. The van der Waals surface area contributed by atoms with E-state index in [4.69, 9.17) is 15.7 Å². The van der Waals surface area contributed by atoms with Gasteiger partial charge in [-0.3, -0.25) is 0 Å². The highest BCUT2D eigenvalue weighted by atomic mass is 16.5. The normalized spacial score (nSPS) is 9.00. The first-order chi connectivity index (χ1) is 5.86. The van der Waals surface area contributed by atoms with Gasteiger partial charge in [0.1, 0.15) is 18.4 Å². The van der Waals surface area contributed by atoms with E-state index in [1.165, 1.54) is 0 Å². The van der Waals surface area contributed by atoms with Gasteiger partial charge in [0.25, 0.3) is 0 Å². The van der Waals surface area contributed by atoms with E-state index in [1.807, 2.05) is 6.07 Å². The molecule has 0 aliphatic rings. The van der Waals surface area contributed by atoms with E-state index in [9.17, 15) is 0 Å². The van der Waals surface area contributed by atoms with Crippen molar-refractivity contribution in [1.82, 2.24) is 4.98 Å². The second kappa shape index (κ2) is 4.31. The Morgan fingerprint density at radius 2 is 2.42 bits per heavy atom. The zero-order chi connectivity index (χ0) is 8.81. The summed E-state index contributed by atoms with van der Waals surface area (Å²) in [6, 6.07) is 6.95. The van der Waals surface area contributed by atoms with Crippen molar-refractivity contribution in [2.75, 3.05) is 13.2 Å². The van der Waals surface area contributed by atoms with Crippen LogP contribution in [0.4, 0.5) is 0 Å². The summed E-state index contributed by atoms with van der Waals surface area (Å²) >= 11 is 0. The summed E-state index contributed by atoms with van der Waals surface area (Å²) in [5, 5.41) is 8.49. The van der Waals surface area contributed by atoms with E-state index in [0.29, 0.717) is 24.7 Å². The SMILES string of the molecule is N#Cc1cccc(OCCN)n1. The predicted octanol–water partition coefficient (Wildman–Crippen LogP) is 0.291. The van der Waals surface area contributed by atoms with Crippen molar-refractivity contribution < 1.29 is 4.74 Å². The Balaban J connectivity index is 2.68. The molecule has 0 saturated carbocycles. The van der Waals surface area contributed by atoms with Crippen molar-refractivity contribution in [3.63, 3.8) is 0 Å². The van der Waals surface area contributed by atoms with E-state index in [-0.39, 0.29) is 0 Å². The van der Waals surface area contributed by atoms with Crippen LogP contribution in [-0.2, 0) is 0 Å². The Morgan fingerprint density at radius 3 is 3.08 bits per heavy atom. The summed E-state index contributed by atoms with van der Waals surface area (Å²) in [7, 11) is 0. The van der Waals surface area contributed by atoms with Crippen LogP contribution in [0.1, 0.15) is 5.69 Å². The largest absolute Gasteiger partial charge is 0.476 e. The first-order valence-corrected chi connectivity index (χ1v) is 3.57. The molecule has 0 aliphatic heterocycles. The van der Waals surface area contributed by atoms with E-state index in [0.717, 1.165) is 0 Å². The Morgan fingerprint density at radius 1 is 1.58 bits per heavy atom. The fourth-order valence-corrected chi connectivity index (χ4v) is 0.721. The number of pyridine rings is 1. The summed E-state index contributed by atoms with van der Waals surface area (Å²) in [4.78, 5) is 3.89. The molecule has 12 heavy (non-hydrogen) atoms. The quantitative estimate of drug-likeness (QED) is 0.695. The van der Waals surface area contributed by atoms with Crippen LogP contribution in [0.2, 0.25) is 0 Å². The van der Waals surface area contributed by atoms with E-state index >= 15 is 0 Å². The number of hydrogen-bond acceptors (Lipinski definition) is 4. The van der Waals surface area contributed by atoms with Crippen LogP contribution in [0.15, 0.2) is 18.2 Å². The van der Waals surface area contributed by atoms with Crippen molar-refractivity contribution in [1.29, 1.82) is 5.26 Å². The summed E-state index contributed by atoms with van der Waals surface area (Å²) < 4.78 is 5.11. The molecule has 0 aliphatic carbocycles. The Bertz CT molecular complexity index is 293. The highest BCUT2D eigenvalue weighted by Crippen LogP contribution is 2.05. The first kappa shape index (κ1) is 8.50. The maximum atomic E-state index is 8.49. The number of aromatic nitrogens is 1. The predicted molar refractivity (Wildman–Crippen MR) is 43.5 cm³/mol. The van der Waals surface area contributed by atoms with Crippen LogP contribution >= 0.6 is 0 Å². The number of hydrogen-bond donors (Lipinski definition) is 1. The van der Waals surface area contributed by atoms with Gasteiger partial charge in [-0.1, -0.05) is 6.07 Å². The minimum absolute atomic E-state index is 0.351. The minimum Gasteiger partial charge on any atom is -0.476 e. The standard InChI is InChI=1S/C8H9N3O/c9-4-5-12-8-3-1-2-7(6-10)11-8/h1-3H,4-5,9H2. The number of nitrogens with zero attached hydrogens (tertiary/aromatic N) is 2. The van der Waals surface area contributed by atoms with E-state index in [1.54, 1.807) is 18.2 Å². The monoisotopic (exact) mass is 163 g/mol. The van der Waals surface area contributed by atoms with E-state index in [2.05, 4.69) is 4.98 Å². The molecule has 62 valence electrons. The van der Waals surface area contributed by atoms with Crippen molar-refractivity contribution in [3.8, 4) is 11.9 Å². The lowest BCUT2D eigenvalue weighted by atomic mass is 10.4. The minimum atomic E-state index is 0.351. The zero-order valence-corrected chi connectivity index (χ0v) is 6.53. The molecule has 0 bridgehead atoms. The molecule has 0 amide bonds. The van der Waals surface area contributed by atoms with Crippen molar-refractivity contribution >= 4 is 0 Å². The van der Waals surface area contributed by atoms with Crippen LogP contribution in [-0.4, -0.2) is 18.1 Å². The molecule has 0 unspecified atom stereocenters. The van der Waals surface area contributed by atoms with Crippen molar-refractivity contribution in [2.45, 2.75) is 0 Å². The second-order valence-electron chi connectivity index (χ2n) is 2.11.